The molecule has 0 saturated heterocycles. The Morgan fingerprint density at radius 1 is 0.562 bits per heavy atom. The fourth-order valence-electron chi connectivity index (χ4n) is 4.62. The van der Waals surface area contributed by atoms with Gasteiger partial charge in [0.25, 0.3) is 11.8 Å². The Kier molecular flexibility index (Phi) is 4.63. The molecule has 1 aliphatic rings. The Morgan fingerprint density at radius 3 is 1.38 bits per heavy atom. The smallest absolute Gasteiger partial charge is 0.266 e. The van der Waals surface area contributed by atoms with Crippen LogP contribution in [-0.2, 0) is 0 Å². The SMILES string of the molecule is Cc1c2c(c(C)c(-c3ccccc3)c1-c1ccccc1)C(=O)N(c1ccc(O)cc1)C2=O. The standard InChI is InChI=1S/C28H21NO3/c1-17-23(19-9-5-3-6-10-19)24(20-11-7-4-8-12-20)18(2)26-25(17)27(31)29(28(26)32)21-13-15-22(30)16-14-21/h3-16,30H,1-2H3. The molecule has 5 rings (SSSR count). The van der Waals surface area contributed by atoms with Crippen LogP contribution in [0.15, 0.2) is 84.9 Å². The van der Waals surface area contributed by atoms with Gasteiger partial charge in [-0.3, -0.25) is 9.59 Å². The van der Waals surface area contributed by atoms with Gasteiger partial charge in [-0.05, 0) is 71.5 Å². The zero-order valence-electron chi connectivity index (χ0n) is 17.8. The molecule has 4 aromatic carbocycles. The largest absolute Gasteiger partial charge is 0.508 e. The molecule has 0 unspecified atom stereocenters. The van der Waals surface area contributed by atoms with E-state index in [1.54, 1.807) is 12.1 Å². The molecule has 0 fully saturated rings. The molecule has 1 heterocycles. The normalized spacial score (nSPS) is 12.9. The monoisotopic (exact) mass is 419 g/mol. The predicted octanol–water partition coefficient (Wildman–Crippen LogP) is 6.14. The molecule has 2 amide bonds. The second-order valence-corrected chi connectivity index (χ2v) is 7.94. The van der Waals surface area contributed by atoms with Crippen molar-refractivity contribution < 1.29 is 14.7 Å². The Balaban J connectivity index is 1.82. The van der Waals surface area contributed by atoms with E-state index in [9.17, 15) is 14.7 Å². The zero-order valence-corrected chi connectivity index (χ0v) is 17.8. The first kappa shape index (κ1) is 19.8. The summed E-state index contributed by atoms with van der Waals surface area (Å²) in [5.41, 5.74) is 6.82. The van der Waals surface area contributed by atoms with Crippen LogP contribution in [0.5, 0.6) is 5.75 Å². The van der Waals surface area contributed by atoms with Gasteiger partial charge in [0.05, 0.1) is 16.8 Å². The molecule has 1 aliphatic heterocycles. The number of carbonyl (C=O) groups is 2. The number of phenolic OH excluding ortho intramolecular Hbond substituents is 1. The first-order valence-electron chi connectivity index (χ1n) is 10.4. The van der Waals surface area contributed by atoms with Gasteiger partial charge in [-0.1, -0.05) is 60.7 Å². The highest BCUT2D eigenvalue weighted by Gasteiger charge is 2.41. The Morgan fingerprint density at radius 2 is 0.969 bits per heavy atom. The van der Waals surface area contributed by atoms with E-state index in [0.29, 0.717) is 16.8 Å². The van der Waals surface area contributed by atoms with Crippen LogP contribution < -0.4 is 4.90 Å². The third-order valence-electron chi connectivity index (χ3n) is 6.07. The maximum Gasteiger partial charge on any atom is 0.266 e. The van der Waals surface area contributed by atoms with Gasteiger partial charge in [0.1, 0.15) is 5.75 Å². The van der Waals surface area contributed by atoms with Crippen LogP contribution >= 0.6 is 0 Å². The van der Waals surface area contributed by atoms with E-state index in [1.165, 1.54) is 17.0 Å². The molecular weight excluding hydrogens is 398 g/mol. The van der Waals surface area contributed by atoms with Crippen LogP contribution in [0.4, 0.5) is 5.69 Å². The molecule has 0 aliphatic carbocycles. The summed E-state index contributed by atoms with van der Waals surface area (Å²) in [4.78, 5) is 28.3. The zero-order chi connectivity index (χ0) is 22.4. The quantitative estimate of drug-likeness (QED) is 0.406. The molecular formula is C28H21NO3. The number of aromatic hydroxyl groups is 1. The van der Waals surface area contributed by atoms with Crippen LogP contribution in [-0.4, -0.2) is 16.9 Å². The molecule has 4 nitrogen and oxygen atoms in total. The average molecular weight is 419 g/mol. The van der Waals surface area contributed by atoms with Gasteiger partial charge >= 0.3 is 0 Å². The third-order valence-corrected chi connectivity index (χ3v) is 6.07. The molecule has 0 aromatic heterocycles. The molecule has 4 aromatic rings. The molecule has 156 valence electrons. The third kappa shape index (κ3) is 2.92. The van der Waals surface area contributed by atoms with Crippen molar-refractivity contribution in [1.29, 1.82) is 0 Å². The van der Waals surface area contributed by atoms with Gasteiger partial charge < -0.3 is 5.11 Å². The van der Waals surface area contributed by atoms with E-state index >= 15 is 0 Å². The summed E-state index contributed by atoms with van der Waals surface area (Å²) in [5.74, 6) is -0.600. The number of hydrogen-bond donors (Lipinski definition) is 1. The van der Waals surface area contributed by atoms with Gasteiger partial charge in [-0.15, -0.1) is 0 Å². The van der Waals surface area contributed by atoms with Crippen molar-refractivity contribution in [3.63, 3.8) is 0 Å². The number of rotatable bonds is 3. The van der Waals surface area contributed by atoms with E-state index in [-0.39, 0.29) is 17.6 Å². The number of benzene rings is 4. The van der Waals surface area contributed by atoms with Gasteiger partial charge in [0.2, 0.25) is 0 Å². The second-order valence-electron chi connectivity index (χ2n) is 7.94. The molecule has 0 bridgehead atoms. The molecule has 1 N–H and O–H groups in total. The number of anilines is 1. The number of amides is 2. The van der Waals surface area contributed by atoms with E-state index in [0.717, 1.165) is 33.4 Å². The van der Waals surface area contributed by atoms with Crippen molar-refractivity contribution in [1.82, 2.24) is 0 Å². The van der Waals surface area contributed by atoms with Crippen LogP contribution in [0.1, 0.15) is 31.8 Å². The van der Waals surface area contributed by atoms with Crippen molar-refractivity contribution in [3.8, 4) is 28.0 Å². The van der Waals surface area contributed by atoms with Crippen LogP contribution in [0.25, 0.3) is 22.3 Å². The molecule has 0 atom stereocenters. The average Bonchev–Trinajstić information content (AvgIpc) is 3.08. The maximum absolute atomic E-state index is 13.5. The number of imide groups is 1. The summed E-state index contributed by atoms with van der Waals surface area (Å²) in [7, 11) is 0. The number of hydrogen-bond acceptors (Lipinski definition) is 3. The van der Waals surface area contributed by atoms with Gasteiger partial charge in [0, 0.05) is 0 Å². The first-order chi connectivity index (χ1) is 15.5. The summed E-state index contributed by atoms with van der Waals surface area (Å²) < 4.78 is 0. The Labute approximate surface area is 186 Å². The van der Waals surface area contributed by atoms with Crippen LogP contribution in [0, 0.1) is 13.8 Å². The van der Waals surface area contributed by atoms with Crippen LogP contribution in [0.3, 0.4) is 0 Å². The van der Waals surface area contributed by atoms with E-state index in [4.69, 9.17) is 0 Å². The summed E-state index contributed by atoms with van der Waals surface area (Å²) in [6, 6.07) is 26.0. The summed E-state index contributed by atoms with van der Waals surface area (Å²) in [5, 5.41) is 9.63. The minimum absolute atomic E-state index is 0.0791. The summed E-state index contributed by atoms with van der Waals surface area (Å²) >= 11 is 0. The lowest BCUT2D eigenvalue weighted by atomic mass is 9.82. The molecule has 0 spiro atoms. The van der Waals surface area contributed by atoms with Crippen molar-refractivity contribution in [2.24, 2.45) is 0 Å². The van der Waals surface area contributed by atoms with Gasteiger partial charge in [-0.25, -0.2) is 4.90 Å². The molecule has 4 heteroatoms. The first-order valence-corrected chi connectivity index (χ1v) is 10.4. The van der Waals surface area contributed by atoms with Crippen molar-refractivity contribution in [2.75, 3.05) is 4.90 Å². The Bertz CT molecular complexity index is 1270. The number of phenols is 1. The second kappa shape index (κ2) is 7.50. The van der Waals surface area contributed by atoms with Crippen LogP contribution in [0.2, 0.25) is 0 Å². The Hall–Kier alpha value is -4.18. The molecule has 0 radical (unpaired) electrons. The summed E-state index contributed by atoms with van der Waals surface area (Å²) in [6.45, 7) is 3.83. The minimum Gasteiger partial charge on any atom is -0.508 e. The topological polar surface area (TPSA) is 57.6 Å². The van der Waals surface area contributed by atoms with Gasteiger partial charge in [0.15, 0.2) is 0 Å². The predicted molar refractivity (Wildman–Crippen MR) is 126 cm³/mol. The fraction of sp³-hybridized carbons (Fsp3) is 0.0714. The lowest BCUT2D eigenvalue weighted by Gasteiger charge is -2.19. The lowest BCUT2D eigenvalue weighted by Crippen LogP contribution is -2.29. The van der Waals surface area contributed by atoms with Crippen molar-refractivity contribution in [3.05, 3.63) is 107 Å². The maximum atomic E-state index is 13.5. The number of carbonyl (C=O) groups excluding carboxylic acids is 2. The number of fused-ring (bicyclic) bond motifs is 1. The minimum atomic E-state index is -0.340. The van der Waals surface area contributed by atoms with Crippen molar-refractivity contribution >= 4 is 17.5 Å². The van der Waals surface area contributed by atoms with E-state index in [2.05, 4.69) is 0 Å². The highest BCUT2D eigenvalue weighted by Crippen LogP contribution is 2.44. The lowest BCUT2D eigenvalue weighted by molar-refractivity contribution is 0.0926. The van der Waals surface area contributed by atoms with E-state index < -0.39 is 0 Å². The molecule has 0 saturated carbocycles. The number of nitrogens with zero attached hydrogens (tertiary/aromatic N) is 1. The molecule has 32 heavy (non-hydrogen) atoms. The van der Waals surface area contributed by atoms with E-state index in [1.807, 2.05) is 74.5 Å². The van der Waals surface area contributed by atoms with Crippen molar-refractivity contribution in [2.45, 2.75) is 13.8 Å². The summed E-state index contributed by atoms with van der Waals surface area (Å²) in [6.07, 6.45) is 0. The highest BCUT2D eigenvalue weighted by molar-refractivity contribution is 6.36. The van der Waals surface area contributed by atoms with Gasteiger partial charge in [-0.2, -0.15) is 0 Å². The highest BCUT2D eigenvalue weighted by atomic mass is 16.3. The fourth-order valence-corrected chi connectivity index (χ4v) is 4.62.